The van der Waals surface area contributed by atoms with E-state index in [9.17, 15) is 4.79 Å². The third-order valence-corrected chi connectivity index (χ3v) is 7.08. The molecule has 0 spiro atoms. The van der Waals surface area contributed by atoms with Crippen molar-refractivity contribution >= 4 is 29.0 Å². The van der Waals surface area contributed by atoms with Crippen LogP contribution < -0.4 is 19.4 Å². The third-order valence-electron chi connectivity index (χ3n) is 5.84. The van der Waals surface area contributed by atoms with Gasteiger partial charge in [0, 0.05) is 16.7 Å². The maximum atomic E-state index is 13.2. The Kier molecular flexibility index (Phi) is 6.31. The summed E-state index contributed by atoms with van der Waals surface area (Å²) in [5, 5.41) is 0.533. The van der Waals surface area contributed by atoms with E-state index in [-0.39, 0.29) is 5.91 Å². The Morgan fingerprint density at radius 3 is 2.52 bits per heavy atom. The number of carbonyl (C=O) groups excluding carboxylic acids is 1. The molecule has 1 atom stereocenters. The Labute approximate surface area is 177 Å². The number of amides is 1. The molecule has 0 bridgehead atoms. The zero-order chi connectivity index (χ0) is 20.2. The topological polar surface area (TPSA) is 37.2 Å². The SMILES string of the molecule is COc1ccccc1N1CC[NH+](CC(=O)N2CC[C@@H](C)Sc3ccccc32)CC1. The number of para-hydroxylation sites is 3. The first-order valence-corrected chi connectivity index (χ1v) is 11.3. The summed E-state index contributed by atoms with van der Waals surface area (Å²) in [6, 6.07) is 16.5. The first kappa shape index (κ1) is 20.1. The minimum absolute atomic E-state index is 0.243. The van der Waals surface area contributed by atoms with Gasteiger partial charge in [-0.2, -0.15) is 0 Å². The summed E-state index contributed by atoms with van der Waals surface area (Å²) in [6.45, 7) is 7.42. The Morgan fingerprint density at radius 1 is 1.07 bits per heavy atom. The van der Waals surface area contributed by atoms with Crippen LogP contribution >= 0.6 is 11.8 Å². The molecule has 1 N–H and O–H groups in total. The van der Waals surface area contributed by atoms with Crippen molar-refractivity contribution in [3.8, 4) is 5.75 Å². The van der Waals surface area contributed by atoms with Crippen molar-refractivity contribution in [3.63, 3.8) is 0 Å². The molecule has 29 heavy (non-hydrogen) atoms. The van der Waals surface area contributed by atoms with Gasteiger partial charge in [-0.1, -0.05) is 31.2 Å². The number of nitrogens with one attached hydrogen (secondary N) is 1. The smallest absolute Gasteiger partial charge is 0.282 e. The molecule has 154 valence electrons. The van der Waals surface area contributed by atoms with Gasteiger partial charge in [0.15, 0.2) is 6.54 Å². The highest BCUT2D eigenvalue weighted by molar-refractivity contribution is 8.00. The van der Waals surface area contributed by atoms with Crippen molar-refractivity contribution in [1.29, 1.82) is 0 Å². The van der Waals surface area contributed by atoms with E-state index < -0.39 is 0 Å². The van der Waals surface area contributed by atoms with Gasteiger partial charge in [-0.05, 0) is 30.7 Å². The molecule has 0 radical (unpaired) electrons. The normalized spacial score (nSPS) is 20.1. The van der Waals surface area contributed by atoms with Crippen molar-refractivity contribution in [2.24, 2.45) is 0 Å². The molecule has 2 heterocycles. The lowest BCUT2D eigenvalue weighted by Gasteiger charge is -2.34. The number of hydrogen-bond acceptors (Lipinski definition) is 4. The fourth-order valence-electron chi connectivity index (χ4n) is 4.19. The molecule has 0 aliphatic carbocycles. The van der Waals surface area contributed by atoms with E-state index in [4.69, 9.17) is 4.74 Å². The summed E-state index contributed by atoms with van der Waals surface area (Å²) in [6.07, 6.45) is 1.03. The minimum Gasteiger partial charge on any atom is -0.495 e. The van der Waals surface area contributed by atoms with Crippen molar-refractivity contribution < 1.29 is 14.4 Å². The predicted molar refractivity (Wildman–Crippen MR) is 120 cm³/mol. The maximum Gasteiger partial charge on any atom is 0.282 e. The number of anilines is 2. The summed E-state index contributed by atoms with van der Waals surface area (Å²) in [5.41, 5.74) is 2.23. The van der Waals surface area contributed by atoms with Crippen LogP contribution in [0.4, 0.5) is 11.4 Å². The number of carbonyl (C=O) groups is 1. The first-order valence-electron chi connectivity index (χ1n) is 10.4. The Hall–Kier alpha value is -2.18. The summed E-state index contributed by atoms with van der Waals surface area (Å²) in [7, 11) is 1.72. The van der Waals surface area contributed by atoms with Crippen molar-refractivity contribution in [3.05, 3.63) is 48.5 Å². The van der Waals surface area contributed by atoms with Crippen LogP contribution in [-0.2, 0) is 4.79 Å². The van der Waals surface area contributed by atoms with Crippen LogP contribution in [0.1, 0.15) is 13.3 Å². The molecule has 2 aliphatic rings. The van der Waals surface area contributed by atoms with Crippen LogP contribution in [0.3, 0.4) is 0 Å². The lowest BCUT2D eigenvalue weighted by molar-refractivity contribution is -0.892. The molecule has 2 aliphatic heterocycles. The molecule has 0 aromatic heterocycles. The number of rotatable bonds is 4. The second-order valence-corrected chi connectivity index (χ2v) is 9.30. The molecule has 2 aromatic rings. The molecular weight excluding hydrogens is 382 g/mol. The zero-order valence-electron chi connectivity index (χ0n) is 17.3. The number of quaternary nitrogens is 1. The lowest BCUT2D eigenvalue weighted by Crippen LogP contribution is -3.16. The van der Waals surface area contributed by atoms with E-state index in [2.05, 4.69) is 42.2 Å². The second-order valence-electron chi connectivity index (χ2n) is 7.82. The van der Waals surface area contributed by atoms with Crippen LogP contribution in [0.5, 0.6) is 5.75 Å². The molecule has 6 heteroatoms. The number of nitrogens with zero attached hydrogens (tertiary/aromatic N) is 2. The molecular formula is C23H30N3O2S+. The van der Waals surface area contributed by atoms with Gasteiger partial charge in [0.05, 0.1) is 44.7 Å². The lowest BCUT2D eigenvalue weighted by atomic mass is 10.2. The van der Waals surface area contributed by atoms with Crippen molar-refractivity contribution in [2.45, 2.75) is 23.5 Å². The zero-order valence-corrected chi connectivity index (χ0v) is 18.1. The number of fused-ring (bicyclic) bond motifs is 1. The summed E-state index contributed by atoms with van der Waals surface area (Å²) >= 11 is 1.88. The number of methoxy groups -OCH3 is 1. The average Bonchev–Trinajstić information content (AvgIpc) is 2.92. The summed E-state index contributed by atoms with van der Waals surface area (Å²) in [4.78, 5) is 20.2. The monoisotopic (exact) mass is 412 g/mol. The third kappa shape index (κ3) is 4.54. The molecule has 4 rings (SSSR count). The van der Waals surface area contributed by atoms with Gasteiger partial charge in [0.25, 0.3) is 5.91 Å². The second kappa shape index (κ2) is 9.09. The molecule has 1 fully saturated rings. The van der Waals surface area contributed by atoms with E-state index >= 15 is 0 Å². The van der Waals surface area contributed by atoms with Gasteiger partial charge in [-0.15, -0.1) is 11.8 Å². The molecule has 0 unspecified atom stereocenters. The number of ether oxygens (including phenoxy) is 1. The Morgan fingerprint density at radius 2 is 1.76 bits per heavy atom. The largest absolute Gasteiger partial charge is 0.495 e. The van der Waals surface area contributed by atoms with Crippen LogP contribution in [-0.4, -0.2) is 57.5 Å². The maximum absolute atomic E-state index is 13.2. The van der Waals surface area contributed by atoms with Crippen LogP contribution in [0, 0.1) is 0 Å². The Balaban J connectivity index is 1.39. The van der Waals surface area contributed by atoms with Crippen LogP contribution in [0.2, 0.25) is 0 Å². The van der Waals surface area contributed by atoms with Gasteiger partial charge in [-0.3, -0.25) is 4.79 Å². The van der Waals surface area contributed by atoms with Crippen LogP contribution in [0.15, 0.2) is 53.4 Å². The molecule has 0 saturated carbocycles. The summed E-state index contributed by atoms with van der Waals surface area (Å²) < 4.78 is 5.51. The average molecular weight is 413 g/mol. The molecule has 1 amide bonds. The van der Waals surface area contributed by atoms with Gasteiger partial charge < -0.3 is 19.4 Å². The van der Waals surface area contributed by atoms with Crippen LogP contribution in [0.25, 0.3) is 0 Å². The van der Waals surface area contributed by atoms with Gasteiger partial charge in [0.2, 0.25) is 0 Å². The van der Waals surface area contributed by atoms with E-state index in [0.717, 1.165) is 56.3 Å². The van der Waals surface area contributed by atoms with Gasteiger partial charge in [-0.25, -0.2) is 0 Å². The number of thioether (sulfide) groups is 1. The highest BCUT2D eigenvalue weighted by Crippen LogP contribution is 2.37. The minimum atomic E-state index is 0.243. The van der Waals surface area contributed by atoms with Gasteiger partial charge in [0.1, 0.15) is 5.75 Å². The number of piperazine rings is 1. The quantitative estimate of drug-likeness (QED) is 0.836. The standard InChI is InChI=1S/C23H29N3O2S/c1-18-11-12-26(20-8-4-6-10-22(20)29-18)23(27)17-24-13-15-25(16-14-24)19-7-3-5-9-21(19)28-2/h3-10,18H,11-17H2,1-2H3/p+1/t18-/m1/s1. The van der Waals surface area contributed by atoms with Crippen molar-refractivity contribution in [1.82, 2.24) is 0 Å². The van der Waals surface area contributed by atoms with E-state index in [0.29, 0.717) is 11.8 Å². The first-order chi connectivity index (χ1) is 14.2. The highest BCUT2D eigenvalue weighted by Gasteiger charge is 2.29. The number of benzene rings is 2. The van der Waals surface area contributed by atoms with E-state index in [1.807, 2.05) is 34.9 Å². The van der Waals surface area contributed by atoms with Gasteiger partial charge >= 0.3 is 0 Å². The number of hydrogen-bond donors (Lipinski definition) is 1. The van der Waals surface area contributed by atoms with Crippen molar-refractivity contribution in [2.75, 3.05) is 56.2 Å². The molecule has 5 nitrogen and oxygen atoms in total. The molecule has 1 saturated heterocycles. The predicted octanol–water partition coefficient (Wildman–Crippen LogP) is 2.32. The fourth-order valence-corrected chi connectivity index (χ4v) is 5.30. The van der Waals surface area contributed by atoms with E-state index in [1.165, 1.54) is 9.80 Å². The Bertz CT molecular complexity index is 852. The summed E-state index contributed by atoms with van der Waals surface area (Å²) in [5.74, 6) is 1.16. The van der Waals surface area contributed by atoms with E-state index in [1.54, 1.807) is 7.11 Å². The molecule has 2 aromatic carbocycles. The fraction of sp³-hybridized carbons (Fsp3) is 0.435. The highest BCUT2D eigenvalue weighted by atomic mass is 32.2.